The van der Waals surface area contributed by atoms with Crippen molar-refractivity contribution in [3.63, 3.8) is 0 Å². The highest BCUT2D eigenvalue weighted by atomic mass is 16.5. The van der Waals surface area contributed by atoms with Crippen molar-refractivity contribution in [2.75, 3.05) is 6.61 Å². The van der Waals surface area contributed by atoms with Gasteiger partial charge in [0, 0.05) is 0 Å². The van der Waals surface area contributed by atoms with Crippen LogP contribution < -0.4 is 4.74 Å². The summed E-state index contributed by atoms with van der Waals surface area (Å²) in [7, 11) is 0. The molecule has 1 unspecified atom stereocenters. The van der Waals surface area contributed by atoms with E-state index in [1.165, 1.54) is 5.56 Å². The van der Waals surface area contributed by atoms with Gasteiger partial charge >= 0.3 is 0 Å². The summed E-state index contributed by atoms with van der Waals surface area (Å²) in [4.78, 5) is 0. The van der Waals surface area contributed by atoms with E-state index in [1.807, 2.05) is 12.1 Å². The smallest absolute Gasteiger partial charge is 0.119 e. The second-order valence-electron chi connectivity index (χ2n) is 4.98. The minimum absolute atomic E-state index is 0.315. The summed E-state index contributed by atoms with van der Waals surface area (Å²) < 4.78 is 5.49. The highest BCUT2D eigenvalue weighted by Gasteiger charge is 2.13. The number of benzene rings is 1. The molecular formula is C14H22O2. The van der Waals surface area contributed by atoms with Gasteiger partial charge in [-0.05, 0) is 43.9 Å². The van der Waals surface area contributed by atoms with Gasteiger partial charge < -0.3 is 9.84 Å². The van der Waals surface area contributed by atoms with E-state index < -0.39 is 5.60 Å². The van der Waals surface area contributed by atoms with Crippen LogP contribution in [-0.2, 0) is 0 Å². The standard InChI is InChI=1S/C14H22O2/c1-5-11(2)12-6-8-13(9-7-12)16-10-14(3,4)15/h6-9,11,15H,5,10H2,1-4H3. The van der Waals surface area contributed by atoms with Crippen molar-refractivity contribution in [2.24, 2.45) is 0 Å². The van der Waals surface area contributed by atoms with E-state index in [1.54, 1.807) is 13.8 Å². The van der Waals surface area contributed by atoms with Crippen LogP contribution in [0.5, 0.6) is 5.75 Å². The van der Waals surface area contributed by atoms with Crippen LogP contribution in [0.4, 0.5) is 0 Å². The van der Waals surface area contributed by atoms with Gasteiger partial charge in [0.1, 0.15) is 12.4 Å². The Balaban J connectivity index is 2.58. The Morgan fingerprint density at radius 1 is 1.25 bits per heavy atom. The van der Waals surface area contributed by atoms with E-state index in [2.05, 4.69) is 26.0 Å². The molecule has 0 spiro atoms. The van der Waals surface area contributed by atoms with Crippen LogP contribution in [0.2, 0.25) is 0 Å². The minimum atomic E-state index is -0.782. The summed E-state index contributed by atoms with van der Waals surface area (Å²) in [5.41, 5.74) is 0.549. The third-order valence-electron chi connectivity index (χ3n) is 2.65. The molecule has 0 saturated heterocycles. The normalized spacial score (nSPS) is 13.6. The number of aliphatic hydroxyl groups is 1. The molecule has 0 bridgehead atoms. The van der Waals surface area contributed by atoms with Gasteiger partial charge in [0.2, 0.25) is 0 Å². The van der Waals surface area contributed by atoms with Crippen LogP contribution >= 0.6 is 0 Å². The van der Waals surface area contributed by atoms with E-state index in [0.29, 0.717) is 12.5 Å². The molecule has 16 heavy (non-hydrogen) atoms. The van der Waals surface area contributed by atoms with Crippen molar-refractivity contribution in [3.8, 4) is 5.75 Å². The van der Waals surface area contributed by atoms with Crippen molar-refractivity contribution in [3.05, 3.63) is 29.8 Å². The Morgan fingerprint density at radius 2 is 1.81 bits per heavy atom. The molecule has 1 atom stereocenters. The second kappa shape index (κ2) is 5.35. The average Bonchev–Trinajstić information content (AvgIpc) is 2.25. The Morgan fingerprint density at radius 3 is 2.25 bits per heavy atom. The zero-order valence-corrected chi connectivity index (χ0v) is 10.7. The van der Waals surface area contributed by atoms with Crippen LogP contribution in [-0.4, -0.2) is 17.3 Å². The van der Waals surface area contributed by atoms with Crippen molar-refractivity contribution in [1.29, 1.82) is 0 Å². The second-order valence-corrected chi connectivity index (χ2v) is 4.98. The lowest BCUT2D eigenvalue weighted by Crippen LogP contribution is -2.27. The molecule has 0 amide bonds. The number of rotatable bonds is 5. The summed E-state index contributed by atoms with van der Waals surface area (Å²) in [6.07, 6.45) is 1.14. The zero-order chi connectivity index (χ0) is 12.2. The fraction of sp³-hybridized carbons (Fsp3) is 0.571. The topological polar surface area (TPSA) is 29.5 Å². The van der Waals surface area contributed by atoms with Gasteiger partial charge in [0.05, 0.1) is 5.60 Å². The molecule has 2 nitrogen and oxygen atoms in total. The highest BCUT2D eigenvalue weighted by Crippen LogP contribution is 2.21. The van der Waals surface area contributed by atoms with E-state index in [-0.39, 0.29) is 0 Å². The molecule has 0 aliphatic heterocycles. The molecular weight excluding hydrogens is 200 g/mol. The summed E-state index contributed by atoms with van der Waals surface area (Å²) in [5, 5.41) is 9.53. The molecule has 0 heterocycles. The van der Waals surface area contributed by atoms with E-state index in [9.17, 15) is 5.11 Å². The van der Waals surface area contributed by atoms with E-state index >= 15 is 0 Å². The molecule has 0 aliphatic carbocycles. The third-order valence-corrected chi connectivity index (χ3v) is 2.65. The number of ether oxygens (including phenoxy) is 1. The molecule has 90 valence electrons. The SMILES string of the molecule is CCC(C)c1ccc(OCC(C)(C)O)cc1. The van der Waals surface area contributed by atoms with Gasteiger partial charge in [-0.3, -0.25) is 0 Å². The molecule has 1 aromatic carbocycles. The molecule has 1 rings (SSSR count). The minimum Gasteiger partial charge on any atom is -0.491 e. The first-order valence-corrected chi connectivity index (χ1v) is 5.87. The molecule has 0 radical (unpaired) electrons. The summed E-state index contributed by atoms with van der Waals surface area (Å²) in [6.45, 7) is 8.19. The third kappa shape index (κ3) is 4.23. The zero-order valence-electron chi connectivity index (χ0n) is 10.7. The number of hydrogen-bond acceptors (Lipinski definition) is 2. The highest BCUT2D eigenvalue weighted by molar-refractivity contribution is 5.29. The van der Waals surface area contributed by atoms with Crippen molar-refractivity contribution < 1.29 is 9.84 Å². The first-order chi connectivity index (χ1) is 7.42. The molecule has 2 heteroatoms. The first-order valence-electron chi connectivity index (χ1n) is 5.87. The molecule has 1 N–H and O–H groups in total. The first kappa shape index (κ1) is 13.0. The van der Waals surface area contributed by atoms with Gasteiger partial charge in [-0.1, -0.05) is 26.0 Å². The quantitative estimate of drug-likeness (QED) is 0.828. The Hall–Kier alpha value is -1.02. The molecule has 1 aromatic rings. The Bertz CT molecular complexity index is 309. The van der Waals surface area contributed by atoms with E-state index in [4.69, 9.17) is 4.74 Å². The maximum Gasteiger partial charge on any atom is 0.119 e. The lowest BCUT2D eigenvalue weighted by molar-refractivity contribution is 0.0285. The van der Waals surface area contributed by atoms with Crippen molar-refractivity contribution >= 4 is 0 Å². The molecule has 0 fully saturated rings. The predicted molar refractivity (Wildman–Crippen MR) is 66.9 cm³/mol. The van der Waals surface area contributed by atoms with Gasteiger partial charge in [0.15, 0.2) is 0 Å². The Labute approximate surface area is 98.3 Å². The monoisotopic (exact) mass is 222 g/mol. The van der Waals surface area contributed by atoms with Crippen LogP contribution in [0.1, 0.15) is 45.6 Å². The lowest BCUT2D eigenvalue weighted by atomic mass is 9.99. The predicted octanol–water partition coefficient (Wildman–Crippen LogP) is 3.35. The summed E-state index contributed by atoms with van der Waals surface area (Å²) in [6, 6.07) is 8.11. The lowest BCUT2D eigenvalue weighted by Gasteiger charge is -2.18. The average molecular weight is 222 g/mol. The molecule has 0 aliphatic rings. The maximum absolute atomic E-state index is 9.53. The number of hydrogen-bond donors (Lipinski definition) is 1. The fourth-order valence-electron chi connectivity index (χ4n) is 1.39. The largest absolute Gasteiger partial charge is 0.491 e. The van der Waals surface area contributed by atoms with Crippen LogP contribution in [0, 0.1) is 0 Å². The van der Waals surface area contributed by atoms with Gasteiger partial charge in [-0.2, -0.15) is 0 Å². The van der Waals surface area contributed by atoms with Gasteiger partial charge in [-0.15, -0.1) is 0 Å². The van der Waals surface area contributed by atoms with Crippen LogP contribution in [0.15, 0.2) is 24.3 Å². The fourth-order valence-corrected chi connectivity index (χ4v) is 1.39. The molecule has 0 saturated carbocycles. The maximum atomic E-state index is 9.53. The van der Waals surface area contributed by atoms with E-state index in [0.717, 1.165) is 12.2 Å². The summed E-state index contributed by atoms with van der Waals surface area (Å²) in [5.74, 6) is 1.40. The van der Waals surface area contributed by atoms with Gasteiger partial charge in [-0.25, -0.2) is 0 Å². The van der Waals surface area contributed by atoms with Crippen molar-refractivity contribution in [1.82, 2.24) is 0 Å². The van der Waals surface area contributed by atoms with Crippen LogP contribution in [0.25, 0.3) is 0 Å². The van der Waals surface area contributed by atoms with Crippen molar-refractivity contribution in [2.45, 2.75) is 45.6 Å². The summed E-state index contributed by atoms with van der Waals surface area (Å²) >= 11 is 0. The van der Waals surface area contributed by atoms with Gasteiger partial charge in [0.25, 0.3) is 0 Å². The molecule has 0 aromatic heterocycles. The Kier molecular flexibility index (Phi) is 4.36. The van der Waals surface area contributed by atoms with Crippen LogP contribution in [0.3, 0.4) is 0 Å².